The maximum absolute atomic E-state index is 12.8. The number of carbonyl (C=O) groups is 1. The van der Waals surface area contributed by atoms with Gasteiger partial charge < -0.3 is 19.1 Å². The summed E-state index contributed by atoms with van der Waals surface area (Å²) >= 11 is 0. The Hall–Kier alpha value is -1.59. The lowest BCUT2D eigenvalue weighted by atomic mass is 9.87. The van der Waals surface area contributed by atoms with Gasteiger partial charge in [0.1, 0.15) is 5.75 Å². The predicted molar refractivity (Wildman–Crippen MR) is 100 cm³/mol. The van der Waals surface area contributed by atoms with Crippen molar-refractivity contribution >= 4 is 5.91 Å². The Bertz CT molecular complexity index is 611. The molecule has 26 heavy (non-hydrogen) atoms. The monoisotopic (exact) mass is 361 g/mol. The molecule has 2 aliphatic rings. The summed E-state index contributed by atoms with van der Waals surface area (Å²) in [5.74, 6) is 1.19. The van der Waals surface area contributed by atoms with Crippen LogP contribution in [0.5, 0.6) is 5.75 Å². The molecule has 0 bridgehead atoms. The molecule has 0 aliphatic carbocycles. The first-order valence-corrected chi connectivity index (χ1v) is 9.64. The zero-order valence-electron chi connectivity index (χ0n) is 16.4. The smallest absolute Gasteiger partial charge is 0.263 e. The summed E-state index contributed by atoms with van der Waals surface area (Å²) in [6, 6.07) is 8.03. The van der Waals surface area contributed by atoms with Crippen LogP contribution in [0, 0.1) is 5.92 Å². The van der Waals surface area contributed by atoms with Gasteiger partial charge in [0.25, 0.3) is 5.91 Å². The quantitative estimate of drug-likeness (QED) is 0.825. The van der Waals surface area contributed by atoms with E-state index in [1.54, 1.807) is 0 Å². The van der Waals surface area contributed by atoms with E-state index in [1.807, 2.05) is 30.0 Å². The molecule has 1 unspecified atom stereocenters. The molecule has 0 N–H and O–H groups in total. The van der Waals surface area contributed by atoms with E-state index in [9.17, 15) is 4.79 Å². The maximum Gasteiger partial charge on any atom is 0.263 e. The number of likely N-dealkylation sites (tertiary alicyclic amines) is 1. The van der Waals surface area contributed by atoms with Crippen LogP contribution in [0.25, 0.3) is 0 Å². The third kappa shape index (κ3) is 4.57. The Balaban J connectivity index is 1.53. The van der Waals surface area contributed by atoms with Gasteiger partial charge in [0, 0.05) is 19.0 Å². The molecule has 2 saturated heterocycles. The standard InChI is InChI=1S/C21H31NO4/c1-15(26-18-7-5-6-17(14-18)21(2,3)4)19(23)22-10-8-16(9-11-22)20-24-12-13-25-20/h5-7,14-16,20H,8-13H2,1-4H3. The van der Waals surface area contributed by atoms with Crippen LogP contribution in [0.2, 0.25) is 0 Å². The molecule has 144 valence electrons. The van der Waals surface area contributed by atoms with E-state index >= 15 is 0 Å². The van der Waals surface area contributed by atoms with Crippen molar-refractivity contribution in [3.05, 3.63) is 29.8 Å². The normalized spacial score (nSPS) is 21.0. The highest BCUT2D eigenvalue weighted by Gasteiger charge is 2.33. The number of carbonyl (C=O) groups excluding carboxylic acids is 1. The molecule has 0 radical (unpaired) electrons. The molecule has 0 spiro atoms. The molecule has 5 heteroatoms. The Morgan fingerprint density at radius 1 is 1.19 bits per heavy atom. The van der Waals surface area contributed by atoms with Gasteiger partial charge in [-0.05, 0) is 42.9 Å². The van der Waals surface area contributed by atoms with Gasteiger partial charge in [-0.3, -0.25) is 4.79 Å². The van der Waals surface area contributed by atoms with Crippen LogP contribution < -0.4 is 4.74 Å². The van der Waals surface area contributed by atoms with E-state index in [0.717, 1.165) is 31.7 Å². The largest absolute Gasteiger partial charge is 0.481 e. The van der Waals surface area contributed by atoms with E-state index in [0.29, 0.717) is 19.1 Å². The molecule has 3 rings (SSSR count). The van der Waals surface area contributed by atoms with Gasteiger partial charge in [0.05, 0.1) is 13.2 Å². The van der Waals surface area contributed by atoms with Crippen LogP contribution >= 0.6 is 0 Å². The lowest BCUT2D eigenvalue weighted by molar-refractivity contribution is -0.143. The van der Waals surface area contributed by atoms with E-state index in [1.165, 1.54) is 5.56 Å². The Labute approximate surface area is 156 Å². The number of rotatable bonds is 4. The van der Waals surface area contributed by atoms with Crippen LogP contribution in [0.1, 0.15) is 46.1 Å². The van der Waals surface area contributed by atoms with Gasteiger partial charge in [-0.2, -0.15) is 0 Å². The van der Waals surface area contributed by atoms with E-state index in [4.69, 9.17) is 14.2 Å². The molecule has 2 heterocycles. The van der Waals surface area contributed by atoms with Crippen molar-refractivity contribution in [3.63, 3.8) is 0 Å². The SMILES string of the molecule is CC(Oc1cccc(C(C)(C)C)c1)C(=O)N1CCC(C2OCCO2)CC1. The number of hydrogen-bond donors (Lipinski definition) is 0. The summed E-state index contributed by atoms with van der Waals surface area (Å²) in [5, 5.41) is 0. The summed E-state index contributed by atoms with van der Waals surface area (Å²) in [6.45, 7) is 11.2. The zero-order chi connectivity index (χ0) is 18.7. The molecule has 1 aromatic carbocycles. The molecule has 1 aromatic rings. The summed E-state index contributed by atoms with van der Waals surface area (Å²) in [6.07, 6.45) is 1.27. The first kappa shape index (κ1) is 19.2. The highest BCUT2D eigenvalue weighted by Crippen LogP contribution is 2.28. The number of benzene rings is 1. The van der Waals surface area contributed by atoms with Gasteiger partial charge in [0.2, 0.25) is 0 Å². The average molecular weight is 361 g/mol. The molecule has 0 saturated carbocycles. The van der Waals surface area contributed by atoms with Gasteiger partial charge in [-0.15, -0.1) is 0 Å². The van der Waals surface area contributed by atoms with Gasteiger partial charge in [0.15, 0.2) is 12.4 Å². The highest BCUT2D eigenvalue weighted by molar-refractivity contribution is 5.81. The van der Waals surface area contributed by atoms with Crippen molar-refractivity contribution < 1.29 is 19.0 Å². The molecule has 1 amide bonds. The lowest BCUT2D eigenvalue weighted by Crippen LogP contribution is -2.46. The Kier molecular flexibility index (Phi) is 5.88. The number of hydrogen-bond acceptors (Lipinski definition) is 4. The molecule has 0 aromatic heterocycles. The fourth-order valence-electron chi connectivity index (χ4n) is 3.59. The molecular formula is C21H31NO4. The van der Waals surface area contributed by atoms with Crippen molar-refractivity contribution in [3.8, 4) is 5.75 Å². The molecule has 2 aliphatic heterocycles. The number of nitrogens with zero attached hydrogens (tertiary/aromatic N) is 1. The summed E-state index contributed by atoms with van der Waals surface area (Å²) in [5.41, 5.74) is 1.26. The Morgan fingerprint density at radius 2 is 1.85 bits per heavy atom. The minimum Gasteiger partial charge on any atom is -0.481 e. The number of ether oxygens (including phenoxy) is 3. The molecule has 5 nitrogen and oxygen atoms in total. The van der Waals surface area contributed by atoms with Crippen LogP contribution in [-0.4, -0.2) is 49.5 Å². The van der Waals surface area contributed by atoms with E-state index in [2.05, 4.69) is 26.8 Å². The minimum absolute atomic E-state index is 0.0536. The van der Waals surface area contributed by atoms with Crippen molar-refractivity contribution in [1.82, 2.24) is 4.90 Å². The first-order valence-electron chi connectivity index (χ1n) is 9.64. The first-order chi connectivity index (χ1) is 12.3. The second kappa shape index (κ2) is 7.97. The van der Waals surface area contributed by atoms with Crippen molar-refractivity contribution in [2.45, 2.75) is 58.3 Å². The second-order valence-corrected chi connectivity index (χ2v) is 8.31. The molecule has 2 fully saturated rings. The van der Waals surface area contributed by atoms with Gasteiger partial charge in [-0.25, -0.2) is 0 Å². The van der Waals surface area contributed by atoms with Crippen LogP contribution in [0.15, 0.2) is 24.3 Å². The van der Waals surface area contributed by atoms with E-state index in [-0.39, 0.29) is 17.6 Å². The second-order valence-electron chi connectivity index (χ2n) is 8.31. The number of piperidine rings is 1. The zero-order valence-corrected chi connectivity index (χ0v) is 16.4. The third-order valence-corrected chi connectivity index (χ3v) is 5.24. The van der Waals surface area contributed by atoms with Crippen molar-refractivity contribution in [2.75, 3.05) is 26.3 Å². The van der Waals surface area contributed by atoms with Crippen LogP contribution in [0.3, 0.4) is 0 Å². The van der Waals surface area contributed by atoms with Crippen molar-refractivity contribution in [2.24, 2.45) is 5.92 Å². The molecule has 1 atom stereocenters. The topological polar surface area (TPSA) is 48.0 Å². The van der Waals surface area contributed by atoms with Gasteiger partial charge >= 0.3 is 0 Å². The molecular weight excluding hydrogens is 330 g/mol. The summed E-state index contributed by atoms with van der Waals surface area (Å²) in [7, 11) is 0. The summed E-state index contributed by atoms with van der Waals surface area (Å²) < 4.78 is 17.2. The van der Waals surface area contributed by atoms with Gasteiger partial charge in [-0.1, -0.05) is 32.9 Å². The minimum atomic E-state index is -0.485. The van der Waals surface area contributed by atoms with Crippen molar-refractivity contribution in [1.29, 1.82) is 0 Å². The third-order valence-electron chi connectivity index (χ3n) is 5.24. The number of amides is 1. The fraction of sp³-hybridized carbons (Fsp3) is 0.667. The van der Waals surface area contributed by atoms with Crippen LogP contribution in [-0.2, 0) is 19.7 Å². The average Bonchev–Trinajstić information content (AvgIpc) is 3.15. The fourth-order valence-corrected chi connectivity index (χ4v) is 3.59. The maximum atomic E-state index is 12.8. The highest BCUT2D eigenvalue weighted by atomic mass is 16.7. The summed E-state index contributed by atoms with van der Waals surface area (Å²) in [4.78, 5) is 14.7. The predicted octanol–water partition coefficient (Wildman–Crippen LogP) is 3.36. The lowest BCUT2D eigenvalue weighted by Gasteiger charge is -2.35. The Morgan fingerprint density at radius 3 is 2.46 bits per heavy atom. The van der Waals surface area contributed by atoms with Crippen LogP contribution in [0.4, 0.5) is 0 Å². The van der Waals surface area contributed by atoms with E-state index < -0.39 is 6.10 Å².